The Balaban J connectivity index is 1.59. The summed E-state index contributed by atoms with van der Waals surface area (Å²) in [5, 5.41) is 10.1. The molecule has 1 N–H and O–H groups in total. The van der Waals surface area contributed by atoms with E-state index in [0.717, 1.165) is 23.9 Å². The molecule has 4 atom stereocenters. The lowest BCUT2D eigenvalue weighted by atomic mass is 9.52. The van der Waals surface area contributed by atoms with Crippen LogP contribution in [0.25, 0.3) is 0 Å². The number of hydrogen-bond donors (Lipinski definition) is 1. The Hall–Kier alpha value is -1.02. The Labute approximate surface area is 139 Å². The van der Waals surface area contributed by atoms with Crippen molar-refractivity contribution in [1.29, 1.82) is 0 Å². The van der Waals surface area contributed by atoms with E-state index in [0.29, 0.717) is 11.2 Å². The van der Waals surface area contributed by atoms with Gasteiger partial charge in [-0.15, -0.1) is 0 Å². The van der Waals surface area contributed by atoms with Gasteiger partial charge in [-0.05, 0) is 87.1 Å². The fraction of sp³-hybridized carbons (Fsp3) is 0.714. The highest BCUT2D eigenvalue weighted by atomic mass is 16.3. The van der Waals surface area contributed by atoms with E-state index in [-0.39, 0.29) is 0 Å². The molecule has 1 aromatic carbocycles. The van der Waals surface area contributed by atoms with Crippen molar-refractivity contribution in [3.05, 3.63) is 29.3 Å². The fourth-order valence-corrected chi connectivity index (χ4v) is 6.38. The van der Waals surface area contributed by atoms with Crippen LogP contribution in [0.3, 0.4) is 0 Å². The third kappa shape index (κ3) is 2.03. The van der Waals surface area contributed by atoms with Gasteiger partial charge in [-0.2, -0.15) is 0 Å². The Morgan fingerprint density at radius 1 is 1.17 bits per heavy atom. The standard InChI is InChI=1S/C21H29NO/c1-14(15-5-6-15)22-11-10-21-9-3-2-4-18(21)20(22)12-16-7-8-17(23)13-19(16)21/h7-8,13-15,18,20,23H,2-6,9-12H2,1H3/t14-,18-,20?,21+/m0/s1. The summed E-state index contributed by atoms with van der Waals surface area (Å²) >= 11 is 0. The maximum atomic E-state index is 10.1. The molecule has 2 nitrogen and oxygen atoms in total. The molecule has 1 aromatic rings. The molecule has 0 spiro atoms. The first kappa shape index (κ1) is 14.3. The Morgan fingerprint density at radius 2 is 2.04 bits per heavy atom. The van der Waals surface area contributed by atoms with Gasteiger partial charge in [0, 0.05) is 17.5 Å². The highest BCUT2D eigenvalue weighted by molar-refractivity contribution is 5.45. The van der Waals surface area contributed by atoms with Crippen molar-refractivity contribution in [3.63, 3.8) is 0 Å². The van der Waals surface area contributed by atoms with Crippen LogP contribution < -0.4 is 0 Å². The molecule has 2 bridgehead atoms. The van der Waals surface area contributed by atoms with Crippen LogP contribution in [0.5, 0.6) is 5.75 Å². The van der Waals surface area contributed by atoms with Crippen LogP contribution in [0.4, 0.5) is 0 Å². The van der Waals surface area contributed by atoms with E-state index in [1.54, 1.807) is 0 Å². The van der Waals surface area contributed by atoms with Crippen molar-refractivity contribution < 1.29 is 5.11 Å². The summed E-state index contributed by atoms with van der Waals surface area (Å²) in [5.41, 5.74) is 3.41. The van der Waals surface area contributed by atoms with E-state index >= 15 is 0 Å². The van der Waals surface area contributed by atoms with E-state index in [1.807, 2.05) is 6.07 Å². The molecule has 1 unspecified atom stereocenters. The summed E-state index contributed by atoms with van der Waals surface area (Å²) in [6.07, 6.45) is 10.9. The second-order valence-electron chi connectivity index (χ2n) is 8.69. The van der Waals surface area contributed by atoms with E-state index < -0.39 is 0 Å². The van der Waals surface area contributed by atoms with Gasteiger partial charge in [0.2, 0.25) is 0 Å². The summed E-state index contributed by atoms with van der Waals surface area (Å²) < 4.78 is 0. The largest absolute Gasteiger partial charge is 0.508 e. The van der Waals surface area contributed by atoms with Crippen LogP contribution in [0, 0.1) is 11.8 Å². The average molecular weight is 311 g/mol. The first-order valence-corrected chi connectivity index (χ1v) is 9.77. The van der Waals surface area contributed by atoms with Gasteiger partial charge in [0.15, 0.2) is 0 Å². The molecule has 3 aliphatic carbocycles. The quantitative estimate of drug-likeness (QED) is 0.882. The van der Waals surface area contributed by atoms with Crippen molar-refractivity contribution in [2.45, 2.75) is 75.8 Å². The topological polar surface area (TPSA) is 23.5 Å². The first-order chi connectivity index (χ1) is 11.2. The minimum Gasteiger partial charge on any atom is -0.508 e. The molecule has 0 amide bonds. The van der Waals surface area contributed by atoms with Gasteiger partial charge in [-0.25, -0.2) is 0 Å². The molecule has 0 radical (unpaired) electrons. The molecule has 2 heteroatoms. The van der Waals surface area contributed by atoms with Gasteiger partial charge >= 0.3 is 0 Å². The van der Waals surface area contributed by atoms with Gasteiger partial charge in [0.1, 0.15) is 5.75 Å². The zero-order valence-electron chi connectivity index (χ0n) is 14.3. The Morgan fingerprint density at radius 3 is 2.87 bits per heavy atom. The van der Waals surface area contributed by atoms with Gasteiger partial charge in [0.05, 0.1) is 0 Å². The summed E-state index contributed by atoms with van der Waals surface area (Å²) in [6.45, 7) is 3.76. The summed E-state index contributed by atoms with van der Waals surface area (Å²) in [7, 11) is 0. The molecule has 124 valence electrons. The second kappa shape index (κ2) is 4.99. The van der Waals surface area contributed by atoms with E-state index in [2.05, 4.69) is 24.0 Å². The minimum absolute atomic E-state index is 0.370. The summed E-state index contributed by atoms with van der Waals surface area (Å²) in [4.78, 5) is 2.89. The molecular formula is C21H29NO. The second-order valence-corrected chi connectivity index (χ2v) is 8.69. The van der Waals surface area contributed by atoms with E-state index in [1.165, 1.54) is 69.0 Å². The van der Waals surface area contributed by atoms with Crippen LogP contribution in [0.15, 0.2) is 18.2 Å². The van der Waals surface area contributed by atoms with Crippen LogP contribution in [-0.4, -0.2) is 28.6 Å². The molecule has 1 heterocycles. The molecule has 1 aliphatic heterocycles. The molecule has 4 aliphatic rings. The summed E-state index contributed by atoms with van der Waals surface area (Å²) in [5.74, 6) is 2.25. The lowest BCUT2D eigenvalue weighted by Crippen LogP contribution is -2.62. The first-order valence-electron chi connectivity index (χ1n) is 9.77. The number of aromatic hydroxyl groups is 1. The smallest absolute Gasteiger partial charge is 0.115 e. The van der Waals surface area contributed by atoms with Gasteiger partial charge < -0.3 is 5.11 Å². The van der Waals surface area contributed by atoms with Crippen molar-refractivity contribution in [2.24, 2.45) is 11.8 Å². The van der Waals surface area contributed by atoms with Gasteiger partial charge in [0.25, 0.3) is 0 Å². The van der Waals surface area contributed by atoms with Crippen LogP contribution in [-0.2, 0) is 11.8 Å². The van der Waals surface area contributed by atoms with Crippen molar-refractivity contribution >= 4 is 0 Å². The fourth-order valence-electron chi connectivity index (χ4n) is 6.38. The SMILES string of the molecule is C[C@@H](C1CC1)N1CC[C@]23CCCC[C@H]2C1Cc1ccc(O)cc13. The molecule has 1 saturated heterocycles. The predicted octanol–water partition coefficient (Wildman–Crippen LogP) is 4.25. The number of piperidine rings is 1. The number of phenolic OH excluding ortho intramolecular Hbond substituents is 1. The minimum atomic E-state index is 0.370. The normalized spacial score (nSPS) is 37.8. The van der Waals surface area contributed by atoms with Crippen LogP contribution in [0.2, 0.25) is 0 Å². The number of phenols is 1. The van der Waals surface area contributed by atoms with Crippen LogP contribution >= 0.6 is 0 Å². The molecule has 3 fully saturated rings. The number of hydrogen-bond acceptors (Lipinski definition) is 2. The number of fused-ring (bicyclic) bond motifs is 1. The summed E-state index contributed by atoms with van der Waals surface area (Å²) in [6, 6.07) is 7.76. The zero-order chi connectivity index (χ0) is 15.6. The molecule has 23 heavy (non-hydrogen) atoms. The monoisotopic (exact) mass is 311 g/mol. The lowest BCUT2D eigenvalue weighted by molar-refractivity contribution is -0.0343. The van der Waals surface area contributed by atoms with Crippen molar-refractivity contribution in [1.82, 2.24) is 4.90 Å². The molecular weight excluding hydrogens is 282 g/mol. The van der Waals surface area contributed by atoms with Crippen molar-refractivity contribution in [3.8, 4) is 5.75 Å². The average Bonchev–Trinajstić information content (AvgIpc) is 3.40. The third-order valence-corrected chi connectivity index (χ3v) is 7.69. The molecule has 5 rings (SSSR count). The van der Waals surface area contributed by atoms with E-state index in [4.69, 9.17) is 0 Å². The maximum Gasteiger partial charge on any atom is 0.115 e. The van der Waals surface area contributed by atoms with Gasteiger partial charge in [-0.3, -0.25) is 4.90 Å². The maximum absolute atomic E-state index is 10.1. The highest BCUT2D eigenvalue weighted by Crippen LogP contribution is 2.57. The zero-order valence-corrected chi connectivity index (χ0v) is 14.3. The Kier molecular flexibility index (Phi) is 3.11. The number of nitrogens with zero attached hydrogens (tertiary/aromatic N) is 1. The van der Waals surface area contributed by atoms with Crippen molar-refractivity contribution in [2.75, 3.05) is 6.54 Å². The highest BCUT2D eigenvalue weighted by Gasteiger charge is 2.55. The molecule has 0 aromatic heterocycles. The van der Waals surface area contributed by atoms with E-state index in [9.17, 15) is 5.11 Å². The predicted molar refractivity (Wildman–Crippen MR) is 92.7 cm³/mol. The third-order valence-electron chi connectivity index (χ3n) is 7.69. The number of likely N-dealkylation sites (tertiary alicyclic amines) is 1. The number of rotatable bonds is 2. The van der Waals surface area contributed by atoms with Crippen LogP contribution in [0.1, 0.15) is 63.0 Å². The Bertz CT molecular complexity index is 622. The molecule has 2 saturated carbocycles. The lowest BCUT2D eigenvalue weighted by Gasteiger charge is -2.60. The number of benzene rings is 1. The van der Waals surface area contributed by atoms with Gasteiger partial charge in [-0.1, -0.05) is 18.9 Å².